The quantitative estimate of drug-likeness (QED) is 0.585. The number of nitrogens with one attached hydrogen (secondary N) is 1. The lowest BCUT2D eigenvalue weighted by Crippen LogP contribution is -2.29. The number of carboxylic acid groups (broad SMARTS) is 1. The van der Waals surface area contributed by atoms with Crippen molar-refractivity contribution in [2.24, 2.45) is 0 Å². The van der Waals surface area contributed by atoms with Crippen LogP contribution in [0.25, 0.3) is 0 Å². The third-order valence-electron chi connectivity index (χ3n) is 1.38. The lowest BCUT2D eigenvalue weighted by molar-refractivity contribution is -0.139. The molecule has 1 heterocycles. The summed E-state index contributed by atoms with van der Waals surface area (Å²) < 4.78 is 0. The molecule has 1 aliphatic rings. The van der Waals surface area contributed by atoms with E-state index in [0.717, 1.165) is 0 Å². The molecule has 1 rings (SSSR count). The highest BCUT2D eigenvalue weighted by molar-refractivity contribution is 6.21. The maximum absolute atomic E-state index is 10.2. The molecule has 2 N–H and O–H groups in total. The number of aliphatic carboxylic acids is 1. The normalized spacial score (nSPS) is 31.3. The minimum atomic E-state index is -0.807. The molecule has 0 aromatic carbocycles. The van der Waals surface area contributed by atoms with Gasteiger partial charge in [-0.1, -0.05) is 0 Å². The van der Waals surface area contributed by atoms with Crippen molar-refractivity contribution < 1.29 is 9.90 Å². The molecule has 1 saturated heterocycles. The first-order valence-electron chi connectivity index (χ1n) is 2.80. The van der Waals surface area contributed by atoms with Gasteiger partial charge in [0, 0.05) is 11.9 Å². The molecule has 0 radical (unpaired) electrons. The van der Waals surface area contributed by atoms with Crippen molar-refractivity contribution in [2.75, 3.05) is 6.54 Å². The van der Waals surface area contributed by atoms with Crippen LogP contribution in [0, 0.1) is 0 Å². The molecular weight excluding hydrogens is 177 g/mol. The number of carbonyl (C=O) groups is 1. The summed E-state index contributed by atoms with van der Waals surface area (Å²) >= 11 is 5.63. The maximum atomic E-state index is 10.2. The predicted molar refractivity (Wildman–Crippen MR) is 40.9 cm³/mol. The minimum Gasteiger partial charge on any atom is -0.480 e. The van der Waals surface area contributed by atoms with Crippen molar-refractivity contribution in [2.45, 2.75) is 17.8 Å². The Morgan fingerprint density at radius 3 is 2.50 bits per heavy atom. The second-order valence-electron chi connectivity index (χ2n) is 2.13. The topological polar surface area (TPSA) is 49.3 Å². The molecule has 0 unspecified atom stereocenters. The van der Waals surface area contributed by atoms with Crippen molar-refractivity contribution in [1.29, 1.82) is 0 Å². The highest BCUT2D eigenvalue weighted by Crippen LogP contribution is 2.11. The SMILES string of the molecule is Cl.O=C(O)[C@@H]1C[C@H](Cl)CN1. The Morgan fingerprint density at radius 1 is 1.70 bits per heavy atom. The van der Waals surface area contributed by atoms with Gasteiger partial charge in [-0.05, 0) is 6.42 Å². The zero-order valence-electron chi connectivity index (χ0n) is 5.21. The Labute approximate surface area is 70.2 Å². The second-order valence-corrected chi connectivity index (χ2v) is 2.75. The van der Waals surface area contributed by atoms with Gasteiger partial charge in [0.15, 0.2) is 0 Å². The van der Waals surface area contributed by atoms with Gasteiger partial charge in [-0.15, -0.1) is 24.0 Å². The molecule has 0 amide bonds. The van der Waals surface area contributed by atoms with Crippen LogP contribution in [0.4, 0.5) is 0 Å². The summed E-state index contributed by atoms with van der Waals surface area (Å²) in [4.78, 5) is 10.2. The first-order chi connectivity index (χ1) is 4.20. The van der Waals surface area contributed by atoms with Crippen LogP contribution in [0.3, 0.4) is 0 Å². The fourth-order valence-electron chi connectivity index (χ4n) is 0.881. The van der Waals surface area contributed by atoms with Crippen LogP contribution in [0.5, 0.6) is 0 Å². The van der Waals surface area contributed by atoms with E-state index in [-0.39, 0.29) is 17.8 Å². The fourth-order valence-corrected chi connectivity index (χ4v) is 1.15. The molecule has 60 valence electrons. The highest BCUT2D eigenvalue weighted by atomic mass is 35.5. The molecule has 5 heteroatoms. The molecule has 0 aromatic heterocycles. The Kier molecular flexibility index (Phi) is 4.01. The van der Waals surface area contributed by atoms with Crippen molar-refractivity contribution >= 4 is 30.0 Å². The minimum absolute atomic E-state index is 0. The average Bonchev–Trinajstić information content (AvgIpc) is 2.14. The molecule has 3 nitrogen and oxygen atoms in total. The molecule has 1 aliphatic heterocycles. The molecule has 0 aliphatic carbocycles. The summed E-state index contributed by atoms with van der Waals surface area (Å²) in [6.07, 6.45) is 0.539. The van der Waals surface area contributed by atoms with Gasteiger partial charge in [0.05, 0.1) is 0 Å². The van der Waals surface area contributed by atoms with Gasteiger partial charge in [0.25, 0.3) is 0 Å². The van der Waals surface area contributed by atoms with E-state index in [1.54, 1.807) is 0 Å². The van der Waals surface area contributed by atoms with Crippen LogP contribution in [0.2, 0.25) is 0 Å². The highest BCUT2D eigenvalue weighted by Gasteiger charge is 2.27. The fraction of sp³-hybridized carbons (Fsp3) is 0.800. The summed E-state index contributed by atoms with van der Waals surface area (Å²) in [5, 5.41) is 11.2. The summed E-state index contributed by atoms with van der Waals surface area (Å²) in [5.74, 6) is -0.807. The van der Waals surface area contributed by atoms with Crippen molar-refractivity contribution in [3.63, 3.8) is 0 Å². The molecular formula is C5H9Cl2NO2. The first-order valence-corrected chi connectivity index (χ1v) is 3.24. The number of hydrogen-bond donors (Lipinski definition) is 2. The van der Waals surface area contributed by atoms with E-state index in [4.69, 9.17) is 16.7 Å². The summed E-state index contributed by atoms with van der Waals surface area (Å²) in [7, 11) is 0. The van der Waals surface area contributed by atoms with Crippen LogP contribution in [-0.2, 0) is 4.79 Å². The van der Waals surface area contributed by atoms with Crippen LogP contribution in [0.1, 0.15) is 6.42 Å². The lowest BCUT2D eigenvalue weighted by Gasteiger charge is -1.99. The van der Waals surface area contributed by atoms with Gasteiger partial charge in [0.1, 0.15) is 6.04 Å². The Morgan fingerprint density at radius 2 is 2.30 bits per heavy atom. The van der Waals surface area contributed by atoms with Crippen LogP contribution in [-0.4, -0.2) is 29.0 Å². The Balaban J connectivity index is 0.000000810. The molecule has 0 spiro atoms. The summed E-state index contributed by atoms with van der Waals surface area (Å²) in [5.41, 5.74) is 0. The van der Waals surface area contributed by atoms with Crippen molar-refractivity contribution in [1.82, 2.24) is 5.32 Å². The second kappa shape index (κ2) is 4.01. The number of hydrogen-bond acceptors (Lipinski definition) is 2. The number of rotatable bonds is 1. The number of halogens is 2. The molecule has 0 bridgehead atoms. The molecule has 0 aromatic rings. The molecule has 10 heavy (non-hydrogen) atoms. The number of alkyl halides is 1. The largest absolute Gasteiger partial charge is 0.480 e. The van der Waals surface area contributed by atoms with E-state index in [2.05, 4.69) is 5.32 Å². The Bertz CT molecular complexity index is 131. The third kappa shape index (κ3) is 2.33. The monoisotopic (exact) mass is 185 g/mol. The zero-order valence-corrected chi connectivity index (χ0v) is 6.78. The van der Waals surface area contributed by atoms with E-state index in [1.807, 2.05) is 0 Å². The van der Waals surface area contributed by atoms with E-state index in [9.17, 15) is 4.79 Å². The zero-order chi connectivity index (χ0) is 6.85. The average molecular weight is 186 g/mol. The van der Waals surface area contributed by atoms with Gasteiger partial charge in [-0.25, -0.2) is 0 Å². The van der Waals surface area contributed by atoms with Gasteiger partial charge in [-0.2, -0.15) is 0 Å². The molecule has 0 saturated carbocycles. The predicted octanol–water partition coefficient (Wildman–Crippen LogP) is 0.462. The number of carboxylic acids is 1. The maximum Gasteiger partial charge on any atom is 0.320 e. The third-order valence-corrected chi connectivity index (χ3v) is 1.71. The van der Waals surface area contributed by atoms with Crippen molar-refractivity contribution in [3.8, 4) is 0 Å². The van der Waals surface area contributed by atoms with E-state index >= 15 is 0 Å². The van der Waals surface area contributed by atoms with Gasteiger partial charge >= 0.3 is 5.97 Å². The smallest absolute Gasteiger partial charge is 0.320 e. The van der Waals surface area contributed by atoms with E-state index in [0.29, 0.717) is 13.0 Å². The van der Waals surface area contributed by atoms with E-state index < -0.39 is 12.0 Å². The van der Waals surface area contributed by atoms with Crippen LogP contribution < -0.4 is 5.32 Å². The molecule has 2 atom stereocenters. The summed E-state index contributed by atoms with van der Waals surface area (Å²) in [6.45, 7) is 0.610. The van der Waals surface area contributed by atoms with Crippen LogP contribution >= 0.6 is 24.0 Å². The summed E-state index contributed by atoms with van der Waals surface area (Å²) in [6, 6.07) is -0.424. The van der Waals surface area contributed by atoms with Crippen molar-refractivity contribution in [3.05, 3.63) is 0 Å². The Hall–Kier alpha value is 0.01000. The van der Waals surface area contributed by atoms with E-state index in [1.165, 1.54) is 0 Å². The molecule has 1 fully saturated rings. The van der Waals surface area contributed by atoms with Gasteiger partial charge in [-0.3, -0.25) is 4.79 Å². The first kappa shape index (κ1) is 10.0. The standard InChI is InChI=1S/C5H8ClNO2.ClH/c6-3-1-4(5(8)9)7-2-3;/h3-4,7H,1-2H2,(H,8,9);1H/t3-,4-;/m0./s1. The van der Waals surface area contributed by atoms with Crippen LogP contribution in [0.15, 0.2) is 0 Å². The lowest BCUT2D eigenvalue weighted by atomic mass is 10.2. The van der Waals surface area contributed by atoms with Gasteiger partial charge in [0.2, 0.25) is 0 Å². The van der Waals surface area contributed by atoms with Gasteiger partial charge < -0.3 is 10.4 Å².